The van der Waals surface area contributed by atoms with Gasteiger partial charge in [0, 0.05) is 0 Å². The molecule has 0 atom stereocenters. The van der Waals surface area contributed by atoms with E-state index in [-0.39, 0.29) is 6.42 Å². The Kier molecular flexibility index (Phi) is 5.42. The summed E-state index contributed by atoms with van der Waals surface area (Å²) in [4.78, 5) is 10.8. The molecule has 0 heterocycles. The minimum absolute atomic E-state index is 0.144. The van der Waals surface area contributed by atoms with Crippen LogP contribution in [0.2, 0.25) is 39.3 Å². The summed E-state index contributed by atoms with van der Waals surface area (Å²) >= 11 is 0. The molecule has 0 aliphatic rings. The highest BCUT2D eigenvalue weighted by Crippen LogP contribution is 2.13. The lowest BCUT2D eigenvalue weighted by Crippen LogP contribution is -2.18. The molecule has 0 amide bonds. The lowest BCUT2D eigenvalue weighted by Gasteiger charge is -2.13. The first-order chi connectivity index (χ1) is 6.99. The van der Waals surface area contributed by atoms with Crippen LogP contribution in [0.15, 0.2) is 23.0 Å². The Hall–Kier alpha value is -0.616. The van der Waals surface area contributed by atoms with Gasteiger partial charge in [-0.25, -0.2) is 0 Å². The number of allylic oxidation sites excluding steroid dienone is 1. The van der Waals surface area contributed by atoms with Crippen molar-refractivity contribution >= 4 is 22.1 Å². The SMILES string of the molecule is C[Si](C)(C)/C=C\C(=C/[Si](C)(C)C)CC(=O)O. The average Bonchev–Trinajstić information content (AvgIpc) is 1.94. The molecule has 0 saturated carbocycles. The Morgan fingerprint density at radius 1 is 1.06 bits per heavy atom. The number of carbonyl (C=O) groups is 1. The van der Waals surface area contributed by atoms with E-state index < -0.39 is 22.1 Å². The molecular formula is C12H24O2Si2. The van der Waals surface area contributed by atoms with E-state index in [2.05, 4.69) is 50.7 Å². The molecule has 0 rings (SSSR count). The number of aliphatic carboxylic acids is 1. The molecule has 2 nitrogen and oxygen atoms in total. The quantitative estimate of drug-likeness (QED) is 0.601. The van der Waals surface area contributed by atoms with Crippen LogP contribution in [-0.4, -0.2) is 27.2 Å². The molecule has 4 heteroatoms. The summed E-state index contributed by atoms with van der Waals surface area (Å²) in [5, 5.41) is 8.86. The fourth-order valence-corrected chi connectivity index (χ4v) is 3.27. The average molecular weight is 256 g/mol. The van der Waals surface area contributed by atoms with Gasteiger partial charge in [0.1, 0.15) is 0 Å². The summed E-state index contributed by atoms with van der Waals surface area (Å²) in [6, 6.07) is 0. The van der Waals surface area contributed by atoms with Crippen LogP contribution < -0.4 is 0 Å². The largest absolute Gasteiger partial charge is 0.481 e. The zero-order chi connectivity index (χ0) is 13.0. The van der Waals surface area contributed by atoms with Crippen LogP contribution in [0.25, 0.3) is 0 Å². The number of rotatable bonds is 5. The molecule has 0 unspecified atom stereocenters. The smallest absolute Gasteiger partial charge is 0.307 e. The van der Waals surface area contributed by atoms with Gasteiger partial charge in [0.05, 0.1) is 22.6 Å². The van der Waals surface area contributed by atoms with Gasteiger partial charge in [-0.2, -0.15) is 0 Å². The molecule has 0 radical (unpaired) electrons. The predicted octanol–water partition coefficient (Wildman–Crippen LogP) is 3.70. The maximum Gasteiger partial charge on any atom is 0.307 e. The van der Waals surface area contributed by atoms with Crippen LogP contribution >= 0.6 is 0 Å². The number of carboxylic acid groups (broad SMARTS) is 1. The molecule has 0 spiro atoms. The summed E-state index contributed by atoms with van der Waals surface area (Å²) in [6.45, 7) is 13.4. The molecule has 1 N–H and O–H groups in total. The minimum Gasteiger partial charge on any atom is -0.481 e. The van der Waals surface area contributed by atoms with Gasteiger partial charge >= 0.3 is 5.97 Å². The minimum atomic E-state index is -1.34. The second-order valence-electron chi connectivity index (χ2n) is 6.36. The van der Waals surface area contributed by atoms with E-state index in [1.807, 2.05) is 6.08 Å². The number of carboxylic acids is 1. The summed E-state index contributed by atoms with van der Waals surface area (Å²) in [5.41, 5.74) is 5.36. The van der Waals surface area contributed by atoms with Gasteiger partial charge in [0.15, 0.2) is 0 Å². The van der Waals surface area contributed by atoms with E-state index in [0.717, 1.165) is 5.57 Å². The second-order valence-corrected chi connectivity index (χ2v) is 16.4. The van der Waals surface area contributed by atoms with Crippen LogP contribution in [0.1, 0.15) is 6.42 Å². The Morgan fingerprint density at radius 2 is 1.56 bits per heavy atom. The molecule has 0 aliphatic carbocycles. The van der Waals surface area contributed by atoms with Crippen LogP contribution in [-0.2, 0) is 4.79 Å². The maximum atomic E-state index is 10.8. The van der Waals surface area contributed by atoms with E-state index in [1.165, 1.54) is 0 Å². The van der Waals surface area contributed by atoms with Crippen molar-refractivity contribution < 1.29 is 9.90 Å². The highest BCUT2D eigenvalue weighted by molar-refractivity contribution is 6.81. The van der Waals surface area contributed by atoms with Crippen LogP contribution in [0.3, 0.4) is 0 Å². The molecule has 16 heavy (non-hydrogen) atoms. The fraction of sp³-hybridized carbons (Fsp3) is 0.583. The second kappa shape index (κ2) is 5.63. The topological polar surface area (TPSA) is 37.3 Å². The first-order valence-corrected chi connectivity index (χ1v) is 12.8. The summed E-state index contributed by atoms with van der Waals surface area (Å²) < 4.78 is 0. The van der Waals surface area contributed by atoms with Crippen LogP contribution in [0.5, 0.6) is 0 Å². The van der Waals surface area contributed by atoms with Gasteiger partial charge < -0.3 is 5.11 Å². The third kappa shape index (κ3) is 9.92. The predicted molar refractivity (Wildman–Crippen MR) is 76.2 cm³/mol. The van der Waals surface area contributed by atoms with E-state index in [0.29, 0.717) is 0 Å². The van der Waals surface area contributed by atoms with Crippen molar-refractivity contribution in [2.75, 3.05) is 0 Å². The van der Waals surface area contributed by atoms with Crippen molar-refractivity contribution in [2.45, 2.75) is 45.7 Å². The molecule has 0 aromatic carbocycles. The summed E-state index contributed by atoms with van der Waals surface area (Å²) in [6.07, 6.45) is 2.17. The molecule has 0 aromatic rings. The third-order valence-corrected chi connectivity index (χ3v) is 4.17. The van der Waals surface area contributed by atoms with Gasteiger partial charge in [-0.05, 0) is 5.57 Å². The first kappa shape index (κ1) is 15.4. The fourth-order valence-electron chi connectivity index (χ4n) is 1.25. The standard InChI is InChI=1S/C12H24O2Si2/c1-15(2,3)8-7-11(9-12(13)14)10-16(4,5)6/h7-8,10H,9H2,1-6H3,(H,13,14)/b8-7-,11-10+. The molecule has 92 valence electrons. The Bertz CT molecular complexity index is 304. The lowest BCUT2D eigenvalue weighted by atomic mass is 10.2. The molecule has 0 aromatic heterocycles. The van der Waals surface area contributed by atoms with E-state index in [1.54, 1.807) is 0 Å². The molecule has 0 saturated heterocycles. The zero-order valence-electron chi connectivity index (χ0n) is 11.3. The van der Waals surface area contributed by atoms with Crippen molar-refractivity contribution in [3.05, 3.63) is 23.0 Å². The van der Waals surface area contributed by atoms with Gasteiger partial charge in [0.25, 0.3) is 0 Å². The van der Waals surface area contributed by atoms with Crippen LogP contribution in [0.4, 0.5) is 0 Å². The number of hydrogen-bond acceptors (Lipinski definition) is 1. The highest BCUT2D eigenvalue weighted by atomic mass is 28.3. The van der Waals surface area contributed by atoms with Crippen molar-refractivity contribution in [3.8, 4) is 0 Å². The monoisotopic (exact) mass is 256 g/mol. The van der Waals surface area contributed by atoms with Crippen molar-refractivity contribution in [1.29, 1.82) is 0 Å². The third-order valence-electron chi connectivity index (χ3n) is 1.77. The van der Waals surface area contributed by atoms with Gasteiger partial charge in [-0.1, -0.05) is 56.8 Å². The Balaban J connectivity index is 4.91. The zero-order valence-corrected chi connectivity index (χ0v) is 13.3. The summed E-state index contributed by atoms with van der Waals surface area (Å²) in [5.74, 6) is -0.746. The van der Waals surface area contributed by atoms with Crippen molar-refractivity contribution in [1.82, 2.24) is 0 Å². The number of hydrogen-bond donors (Lipinski definition) is 1. The Morgan fingerprint density at radius 3 is 1.88 bits per heavy atom. The first-order valence-electron chi connectivity index (χ1n) is 5.62. The van der Waals surface area contributed by atoms with Crippen molar-refractivity contribution in [2.24, 2.45) is 0 Å². The Labute approximate surface area is 101 Å². The van der Waals surface area contributed by atoms with E-state index in [9.17, 15) is 4.79 Å². The summed E-state index contributed by atoms with van der Waals surface area (Å²) in [7, 11) is -2.59. The lowest BCUT2D eigenvalue weighted by molar-refractivity contribution is -0.136. The van der Waals surface area contributed by atoms with Gasteiger partial charge in [-0.15, -0.1) is 0 Å². The van der Waals surface area contributed by atoms with Gasteiger partial charge in [0.2, 0.25) is 0 Å². The molecular weight excluding hydrogens is 232 g/mol. The normalized spacial score (nSPS) is 14.5. The van der Waals surface area contributed by atoms with E-state index in [4.69, 9.17) is 5.11 Å². The molecule has 0 aliphatic heterocycles. The molecule has 0 fully saturated rings. The highest BCUT2D eigenvalue weighted by Gasteiger charge is 2.13. The van der Waals surface area contributed by atoms with Gasteiger partial charge in [-0.3, -0.25) is 4.79 Å². The van der Waals surface area contributed by atoms with E-state index >= 15 is 0 Å². The molecule has 0 bridgehead atoms. The van der Waals surface area contributed by atoms with Crippen molar-refractivity contribution in [3.63, 3.8) is 0 Å². The van der Waals surface area contributed by atoms with Crippen LogP contribution in [0, 0.1) is 0 Å². The maximum absolute atomic E-state index is 10.8.